The van der Waals surface area contributed by atoms with Gasteiger partial charge >= 0.3 is 5.97 Å². The molecule has 32 heavy (non-hydrogen) atoms. The Bertz CT molecular complexity index is 1040. The number of amides is 1. The summed E-state index contributed by atoms with van der Waals surface area (Å²) in [6.45, 7) is 7.11. The highest BCUT2D eigenvalue weighted by atomic mass is 35.5. The Morgan fingerprint density at radius 1 is 1.16 bits per heavy atom. The fraction of sp³-hybridized carbons (Fsp3) is 0.458. The number of nitrogens with two attached hydrogens (primary N) is 1. The number of quaternary nitrogens is 1. The van der Waals surface area contributed by atoms with Crippen LogP contribution in [0.5, 0.6) is 0 Å². The highest BCUT2D eigenvalue weighted by molar-refractivity contribution is 7.12. The number of hydrogen-bond donors (Lipinski definition) is 1. The van der Waals surface area contributed by atoms with Crippen LogP contribution >= 0.6 is 22.9 Å². The van der Waals surface area contributed by atoms with Crippen LogP contribution in [0.4, 0.5) is 0 Å². The third-order valence-corrected chi connectivity index (χ3v) is 6.91. The maximum atomic E-state index is 12.7. The van der Waals surface area contributed by atoms with Gasteiger partial charge in [0.1, 0.15) is 17.9 Å². The smallest absolute Gasteiger partial charge is 0.362 e. The second-order valence-electron chi connectivity index (χ2n) is 9.68. The average Bonchev–Trinajstić information content (AvgIpc) is 2.97. The van der Waals surface area contributed by atoms with Crippen molar-refractivity contribution in [3.05, 3.63) is 55.7 Å². The zero-order valence-corrected chi connectivity index (χ0v) is 20.6. The van der Waals surface area contributed by atoms with Crippen molar-refractivity contribution in [2.75, 3.05) is 20.1 Å². The van der Waals surface area contributed by atoms with Gasteiger partial charge in [-0.2, -0.15) is 0 Å². The van der Waals surface area contributed by atoms with Gasteiger partial charge in [0.2, 0.25) is 5.91 Å². The van der Waals surface area contributed by atoms with Gasteiger partial charge < -0.3 is 15.0 Å². The van der Waals surface area contributed by atoms with Gasteiger partial charge in [0.15, 0.2) is 6.54 Å². The Morgan fingerprint density at radius 3 is 2.41 bits per heavy atom. The van der Waals surface area contributed by atoms with Crippen LogP contribution < -0.4 is 5.73 Å². The number of esters is 1. The highest BCUT2D eigenvalue weighted by Crippen LogP contribution is 2.36. The van der Waals surface area contributed by atoms with E-state index in [0.717, 1.165) is 16.0 Å². The second-order valence-corrected chi connectivity index (χ2v) is 11.3. The first-order chi connectivity index (χ1) is 14.8. The van der Waals surface area contributed by atoms with Crippen molar-refractivity contribution in [3.63, 3.8) is 0 Å². The van der Waals surface area contributed by atoms with E-state index in [-0.39, 0.29) is 31.1 Å². The van der Waals surface area contributed by atoms with Crippen LogP contribution in [0, 0.1) is 0 Å². The van der Waals surface area contributed by atoms with E-state index in [9.17, 15) is 14.4 Å². The number of carbonyl (C=O) groups excluding carboxylic acids is 3. The topological polar surface area (TPSA) is 86.5 Å². The van der Waals surface area contributed by atoms with Crippen LogP contribution in [0.15, 0.2) is 24.3 Å². The van der Waals surface area contributed by atoms with Gasteiger partial charge in [0, 0.05) is 29.2 Å². The summed E-state index contributed by atoms with van der Waals surface area (Å²) >= 11 is 7.38. The van der Waals surface area contributed by atoms with Crippen molar-refractivity contribution in [2.45, 2.75) is 52.2 Å². The van der Waals surface area contributed by atoms with Gasteiger partial charge in [-0.1, -0.05) is 23.7 Å². The maximum absolute atomic E-state index is 12.7. The Balaban J connectivity index is 1.77. The highest BCUT2D eigenvalue weighted by Gasteiger charge is 2.37. The van der Waals surface area contributed by atoms with Crippen LogP contribution in [-0.4, -0.2) is 47.9 Å². The lowest BCUT2D eigenvalue weighted by Gasteiger charge is -2.37. The lowest BCUT2D eigenvalue weighted by molar-refractivity contribution is -0.917. The molecule has 1 aliphatic rings. The number of Topliss-reactive ketones (excluding diaryl/α,β-unsaturated/α-hetero) is 1. The summed E-state index contributed by atoms with van der Waals surface area (Å²) in [5.74, 6) is -0.729. The van der Waals surface area contributed by atoms with E-state index >= 15 is 0 Å². The number of likely N-dealkylation sites (N-methyl/N-ethyl adjacent to an activating group) is 1. The molecule has 0 fully saturated rings. The number of halogens is 1. The number of nitrogens with zero attached hydrogens (tertiary/aromatic N) is 1. The van der Waals surface area contributed by atoms with E-state index in [1.54, 1.807) is 12.1 Å². The van der Waals surface area contributed by atoms with E-state index in [4.69, 9.17) is 22.1 Å². The maximum Gasteiger partial charge on any atom is 0.362 e. The summed E-state index contributed by atoms with van der Waals surface area (Å²) in [7, 11) is 2.02. The summed E-state index contributed by atoms with van der Waals surface area (Å²) in [6, 6.07) is 7.17. The molecule has 1 aliphatic heterocycles. The van der Waals surface area contributed by atoms with Crippen LogP contribution in [0.1, 0.15) is 52.0 Å². The standard InChI is InChI=1S/C24H29ClN2O4S/c1-24(2,3)31-21(29)14-27(4)10-9-18-20(13-27)32-19(22(18)23(26)30)12-17(28)11-15-5-7-16(25)8-6-15/h5-8H,9-14H2,1-4H3,(H-,26,30)/p+1. The minimum absolute atomic E-state index is 0.0134. The van der Waals surface area contributed by atoms with E-state index < -0.39 is 11.5 Å². The molecule has 0 aliphatic carbocycles. The van der Waals surface area contributed by atoms with Crippen LogP contribution in [0.25, 0.3) is 0 Å². The second kappa shape index (κ2) is 9.33. The Labute approximate surface area is 197 Å². The third kappa shape index (κ3) is 6.18. The number of rotatable bonds is 7. The van der Waals surface area contributed by atoms with Crippen molar-refractivity contribution < 1.29 is 23.6 Å². The van der Waals surface area contributed by atoms with E-state index in [0.29, 0.717) is 39.5 Å². The SMILES string of the molecule is CC(C)(C)OC(=O)C[N+]1(C)CCc2c(sc(CC(=O)Cc3ccc(Cl)cc3)c2C(N)=O)C1. The number of carbonyl (C=O) groups is 3. The molecule has 3 rings (SSSR count). The number of ketones is 1. The summed E-state index contributed by atoms with van der Waals surface area (Å²) in [5, 5.41) is 0.621. The van der Waals surface area contributed by atoms with Crippen molar-refractivity contribution in [3.8, 4) is 0 Å². The quantitative estimate of drug-likeness (QED) is 0.486. The van der Waals surface area contributed by atoms with Gasteiger partial charge in [-0.25, -0.2) is 4.79 Å². The monoisotopic (exact) mass is 477 g/mol. The summed E-state index contributed by atoms with van der Waals surface area (Å²) in [4.78, 5) is 39.1. The van der Waals surface area contributed by atoms with E-state index in [1.165, 1.54) is 11.3 Å². The lowest BCUT2D eigenvalue weighted by Crippen LogP contribution is -2.51. The molecule has 172 valence electrons. The number of fused-ring (bicyclic) bond motifs is 1. The van der Waals surface area contributed by atoms with Gasteiger partial charge in [-0.15, -0.1) is 11.3 Å². The predicted molar refractivity (Wildman–Crippen MR) is 126 cm³/mol. The van der Waals surface area contributed by atoms with Crippen LogP contribution in [0.3, 0.4) is 0 Å². The predicted octanol–water partition coefficient (Wildman–Crippen LogP) is 3.70. The lowest BCUT2D eigenvalue weighted by atomic mass is 9.97. The summed E-state index contributed by atoms with van der Waals surface area (Å²) in [5.41, 5.74) is 7.47. The molecular formula is C24H30ClN2O4S+. The summed E-state index contributed by atoms with van der Waals surface area (Å²) < 4.78 is 6.00. The number of hydrogen-bond acceptors (Lipinski definition) is 5. The van der Waals surface area contributed by atoms with Gasteiger partial charge in [0.05, 0.1) is 24.0 Å². The fourth-order valence-corrected chi connectivity index (χ4v) is 5.76. The largest absolute Gasteiger partial charge is 0.456 e. The minimum Gasteiger partial charge on any atom is -0.456 e. The van der Waals surface area contributed by atoms with Crippen LogP contribution in [0.2, 0.25) is 5.02 Å². The van der Waals surface area contributed by atoms with Crippen molar-refractivity contribution in [1.29, 1.82) is 0 Å². The molecule has 1 aromatic heterocycles. The summed E-state index contributed by atoms with van der Waals surface area (Å²) in [6.07, 6.45) is 1.06. The minimum atomic E-state index is -0.531. The number of thiophene rings is 1. The van der Waals surface area contributed by atoms with Crippen molar-refractivity contribution in [2.24, 2.45) is 5.73 Å². The molecule has 0 radical (unpaired) electrons. The Hall–Kier alpha value is -2.22. The molecule has 0 spiro atoms. The number of primary amides is 1. The third-order valence-electron chi connectivity index (χ3n) is 5.44. The average molecular weight is 478 g/mol. The van der Waals surface area contributed by atoms with Crippen LogP contribution in [-0.2, 0) is 40.1 Å². The van der Waals surface area contributed by atoms with E-state index in [2.05, 4.69) is 0 Å². The Kier molecular flexibility index (Phi) is 7.12. The van der Waals surface area contributed by atoms with Gasteiger partial charge in [0.25, 0.3) is 0 Å². The first kappa shape index (κ1) is 24.4. The van der Waals surface area contributed by atoms with Crippen molar-refractivity contribution >= 4 is 40.6 Å². The molecule has 2 heterocycles. The zero-order chi connectivity index (χ0) is 23.7. The fourth-order valence-electron chi connectivity index (χ4n) is 4.07. The molecule has 2 aromatic rings. The molecule has 2 N–H and O–H groups in total. The molecule has 6 nitrogen and oxygen atoms in total. The van der Waals surface area contributed by atoms with Gasteiger partial charge in [-0.05, 0) is 44.0 Å². The molecule has 8 heteroatoms. The Morgan fingerprint density at radius 2 is 1.81 bits per heavy atom. The first-order valence-electron chi connectivity index (χ1n) is 10.6. The number of ether oxygens (including phenoxy) is 1. The molecule has 0 bridgehead atoms. The van der Waals surface area contributed by atoms with Crippen molar-refractivity contribution in [1.82, 2.24) is 0 Å². The molecule has 1 atom stereocenters. The first-order valence-corrected chi connectivity index (χ1v) is 11.8. The molecule has 1 unspecified atom stereocenters. The molecular weight excluding hydrogens is 448 g/mol. The number of benzene rings is 1. The van der Waals surface area contributed by atoms with E-state index in [1.807, 2.05) is 40.0 Å². The molecule has 1 aromatic carbocycles. The zero-order valence-electron chi connectivity index (χ0n) is 19.0. The molecule has 0 saturated heterocycles. The normalized spacial score (nSPS) is 18.2. The molecule has 1 amide bonds. The van der Waals surface area contributed by atoms with Gasteiger partial charge in [-0.3, -0.25) is 9.59 Å². The molecule has 0 saturated carbocycles.